The van der Waals surface area contributed by atoms with Gasteiger partial charge in [-0.25, -0.2) is 4.98 Å². The van der Waals surface area contributed by atoms with Gasteiger partial charge in [-0.05, 0) is 6.07 Å². The van der Waals surface area contributed by atoms with Gasteiger partial charge in [0.1, 0.15) is 36.4 Å². The summed E-state index contributed by atoms with van der Waals surface area (Å²) in [5.41, 5.74) is -0.676. The van der Waals surface area contributed by atoms with Crippen LogP contribution in [0.3, 0.4) is 0 Å². The van der Waals surface area contributed by atoms with E-state index in [1.54, 1.807) is 13.0 Å². The van der Waals surface area contributed by atoms with Gasteiger partial charge in [0.2, 0.25) is 0 Å². The number of hydrogen-bond donors (Lipinski definition) is 0. The quantitative estimate of drug-likeness (QED) is 0.465. The van der Waals surface area contributed by atoms with Crippen LogP contribution in [0, 0.1) is 17.2 Å². The lowest BCUT2D eigenvalue weighted by Gasteiger charge is -2.43. The molecular weight excluding hydrogens is 436 g/mol. The highest BCUT2D eigenvalue weighted by Crippen LogP contribution is 2.40. The minimum atomic E-state index is -0.823. The number of hydrogen-bond acceptors (Lipinski definition) is 10. The summed E-state index contributed by atoms with van der Waals surface area (Å²) < 4.78 is 21.9. The highest BCUT2D eigenvalue weighted by molar-refractivity contribution is 7.99. The molecule has 0 aromatic carbocycles. The molecule has 0 bridgehead atoms. The predicted octanol–water partition coefficient (Wildman–Crippen LogP) is 2.49. The van der Waals surface area contributed by atoms with Crippen molar-refractivity contribution in [3.8, 4) is 6.07 Å². The van der Waals surface area contributed by atoms with E-state index in [-0.39, 0.29) is 12.3 Å². The van der Waals surface area contributed by atoms with E-state index in [1.807, 2.05) is 6.07 Å². The second-order valence-corrected chi connectivity index (χ2v) is 8.16. The van der Waals surface area contributed by atoms with Gasteiger partial charge in [0.25, 0.3) is 0 Å². The van der Waals surface area contributed by atoms with E-state index >= 15 is 0 Å². The number of aromatic nitrogens is 1. The Bertz CT molecular complexity index is 858. The Balaban J connectivity index is 2.38. The molecule has 1 aliphatic heterocycles. The predicted molar refractivity (Wildman–Crippen MR) is 105 cm³/mol. The zero-order valence-electron chi connectivity index (χ0n) is 16.8. The summed E-state index contributed by atoms with van der Waals surface area (Å²) in [6, 6.07) is 3.52. The molecule has 30 heavy (non-hydrogen) atoms. The van der Waals surface area contributed by atoms with Crippen LogP contribution < -0.4 is 0 Å². The third-order valence-corrected chi connectivity index (χ3v) is 5.59. The molecular formula is C19H21ClN2O7S. The Morgan fingerprint density at radius 3 is 2.40 bits per heavy atom. The minimum Gasteiger partial charge on any atom is -0.463 e. The number of pyridine rings is 1. The molecule has 162 valence electrons. The van der Waals surface area contributed by atoms with Gasteiger partial charge in [-0.15, -0.1) is 0 Å². The smallest absolute Gasteiger partial charge is 0.303 e. The molecule has 2 rings (SSSR count). The molecule has 1 aromatic rings. The number of nitrogens with zero attached hydrogens (tertiary/aromatic N) is 2. The summed E-state index contributed by atoms with van der Waals surface area (Å²) in [4.78, 5) is 39.0. The van der Waals surface area contributed by atoms with E-state index < -0.39 is 47.6 Å². The Kier molecular flexibility index (Phi) is 8.46. The lowest BCUT2D eigenvalue weighted by atomic mass is 9.91. The van der Waals surface area contributed by atoms with Gasteiger partial charge in [-0.1, -0.05) is 30.3 Å². The third-order valence-electron chi connectivity index (χ3n) is 4.20. The van der Waals surface area contributed by atoms with E-state index in [0.717, 1.165) is 11.8 Å². The molecule has 1 aliphatic rings. The molecule has 1 aromatic heterocycles. The topological polar surface area (TPSA) is 125 Å². The maximum absolute atomic E-state index is 11.7. The molecule has 9 nitrogen and oxygen atoms in total. The number of carbonyl (C=O) groups excluding carboxylic acids is 3. The van der Waals surface area contributed by atoms with Crippen molar-refractivity contribution in [2.24, 2.45) is 5.92 Å². The molecule has 1 fully saturated rings. The molecule has 5 atom stereocenters. The van der Waals surface area contributed by atoms with Crippen LogP contribution in [0.25, 0.3) is 0 Å². The van der Waals surface area contributed by atoms with Crippen LogP contribution in [-0.4, -0.2) is 53.2 Å². The Labute approximate surface area is 183 Å². The zero-order valence-corrected chi connectivity index (χ0v) is 18.4. The fourth-order valence-corrected chi connectivity index (χ4v) is 4.49. The van der Waals surface area contributed by atoms with E-state index in [4.69, 9.17) is 30.5 Å². The maximum atomic E-state index is 11.7. The summed E-state index contributed by atoms with van der Waals surface area (Å²) in [5, 5.41) is 9.65. The first-order valence-corrected chi connectivity index (χ1v) is 10.2. The average Bonchev–Trinajstić information content (AvgIpc) is 2.65. The summed E-state index contributed by atoms with van der Waals surface area (Å²) in [6.45, 7) is 5.31. The van der Waals surface area contributed by atoms with Crippen molar-refractivity contribution >= 4 is 41.3 Å². The van der Waals surface area contributed by atoms with Crippen molar-refractivity contribution < 1.29 is 33.3 Å². The number of nitriles is 1. The Morgan fingerprint density at radius 1 is 1.20 bits per heavy atom. The van der Waals surface area contributed by atoms with E-state index in [1.165, 1.54) is 27.0 Å². The van der Waals surface area contributed by atoms with Gasteiger partial charge in [0, 0.05) is 37.8 Å². The van der Waals surface area contributed by atoms with E-state index in [9.17, 15) is 19.6 Å². The number of rotatable bonds is 6. The van der Waals surface area contributed by atoms with Crippen LogP contribution in [-0.2, 0) is 33.3 Å². The molecule has 2 heterocycles. The second kappa shape index (κ2) is 10.6. The first-order valence-electron chi connectivity index (χ1n) is 8.98. The van der Waals surface area contributed by atoms with Crippen molar-refractivity contribution in [3.05, 3.63) is 23.0 Å². The number of ether oxygens (including phenoxy) is 4. The third kappa shape index (κ3) is 6.32. The normalized spacial score (nSPS) is 25.7. The van der Waals surface area contributed by atoms with Crippen LogP contribution in [0.2, 0.25) is 5.02 Å². The monoisotopic (exact) mass is 456 g/mol. The van der Waals surface area contributed by atoms with Crippen molar-refractivity contribution in [1.82, 2.24) is 4.98 Å². The molecule has 0 spiro atoms. The number of carbonyl (C=O) groups is 3. The molecule has 0 aliphatic carbocycles. The van der Waals surface area contributed by atoms with Crippen molar-refractivity contribution in [3.63, 3.8) is 0 Å². The molecule has 0 amide bonds. The van der Waals surface area contributed by atoms with Crippen LogP contribution >= 0.6 is 23.4 Å². The summed E-state index contributed by atoms with van der Waals surface area (Å²) in [5.74, 6) is -2.13. The van der Waals surface area contributed by atoms with Gasteiger partial charge in [-0.2, -0.15) is 5.26 Å². The highest BCUT2D eigenvalue weighted by atomic mass is 35.5. The summed E-state index contributed by atoms with van der Waals surface area (Å²) >= 11 is 7.10. The average molecular weight is 457 g/mol. The number of esters is 3. The largest absolute Gasteiger partial charge is 0.463 e. The van der Waals surface area contributed by atoms with Gasteiger partial charge >= 0.3 is 17.9 Å². The van der Waals surface area contributed by atoms with E-state index in [0.29, 0.717) is 9.92 Å². The second-order valence-electron chi connectivity index (χ2n) is 6.58. The van der Waals surface area contributed by atoms with Crippen LogP contribution in [0.4, 0.5) is 0 Å². The SMILES string of the molecule is CC(=O)OCC1O[C@H](Sc2cc(Cl)cnc2C#N)C(OC(C)=O)C(C)[C@H]1OC(C)=O. The molecule has 11 heteroatoms. The fraction of sp³-hybridized carbons (Fsp3) is 0.526. The molecule has 0 saturated carbocycles. The summed E-state index contributed by atoms with van der Waals surface area (Å²) in [7, 11) is 0. The summed E-state index contributed by atoms with van der Waals surface area (Å²) in [6.07, 6.45) is -1.11. The Morgan fingerprint density at radius 2 is 1.83 bits per heavy atom. The fourth-order valence-electron chi connectivity index (χ4n) is 2.98. The molecule has 0 radical (unpaired) electrons. The number of thioether (sulfide) groups is 1. The van der Waals surface area contributed by atoms with E-state index in [2.05, 4.69) is 4.98 Å². The molecule has 3 unspecified atom stereocenters. The van der Waals surface area contributed by atoms with Gasteiger partial charge in [-0.3, -0.25) is 14.4 Å². The first-order chi connectivity index (χ1) is 14.1. The first kappa shape index (κ1) is 23.9. The lowest BCUT2D eigenvalue weighted by molar-refractivity contribution is -0.212. The molecule has 1 saturated heterocycles. The standard InChI is InChI=1S/C19H21ClN2O7S/c1-9-17(27-11(3)24)15(8-26-10(2)23)29-19(18(9)28-12(4)25)30-16-5-13(20)7-22-14(16)6-21/h5,7,9,15,17-19H,8H2,1-4H3/t9?,15?,17-,18?,19-/m1/s1. The lowest BCUT2D eigenvalue weighted by Crippen LogP contribution is -2.56. The van der Waals surface area contributed by atoms with Gasteiger partial charge in [0.05, 0.1) is 5.02 Å². The molecule has 0 N–H and O–H groups in total. The number of halogens is 1. The van der Waals surface area contributed by atoms with Crippen LogP contribution in [0.5, 0.6) is 0 Å². The minimum absolute atomic E-state index is 0.126. The van der Waals surface area contributed by atoms with Crippen LogP contribution in [0.1, 0.15) is 33.4 Å². The highest BCUT2D eigenvalue weighted by Gasteiger charge is 2.48. The maximum Gasteiger partial charge on any atom is 0.303 e. The Hall–Kier alpha value is -2.35. The van der Waals surface area contributed by atoms with Crippen molar-refractivity contribution in [1.29, 1.82) is 5.26 Å². The van der Waals surface area contributed by atoms with Crippen molar-refractivity contribution in [2.45, 2.75) is 56.3 Å². The van der Waals surface area contributed by atoms with Crippen LogP contribution in [0.15, 0.2) is 17.2 Å². The van der Waals surface area contributed by atoms with Gasteiger partial charge in [0.15, 0.2) is 5.69 Å². The zero-order chi connectivity index (χ0) is 22.4. The van der Waals surface area contributed by atoms with Crippen molar-refractivity contribution in [2.75, 3.05) is 6.61 Å². The van der Waals surface area contributed by atoms with Gasteiger partial charge < -0.3 is 18.9 Å².